The van der Waals surface area contributed by atoms with Crippen LogP contribution >= 0.6 is 0 Å². The van der Waals surface area contributed by atoms with Crippen LogP contribution in [-0.4, -0.2) is 47.8 Å². The van der Waals surface area contributed by atoms with Crippen molar-refractivity contribution in [3.05, 3.63) is 64.7 Å². The fraction of sp³-hybridized carbons (Fsp3) is 0.238. The number of hydrogen-bond acceptors (Lipinski definition) is 6. The Hall–Kier alpha value is -3.52. The van der Waals surface area contributed by atoms with Gasteiger partial charge in [-0.15, -0.1) is 0 Å². The number of ether oxygens (including phenoxy) is 1. The highest BCUT2D eigenvalue weighted by Crippen LogP contribution is 2.26. The summed E-state index contributed by atoms with van der Waals surface area (Å²) in [5, 5.41) is 13.4. The molecule has 0 bridgehead atoms. The number of nitrogens with one attached hydrogen (secondary N) is 1. The van der Waals surface area contributed by atoms with Gasteiger partial charge in [0.15, 0.2) is 0 Å². The number of anilines is 1. The summed E-state index contributed by atoms with van der Waals surface area (Å²) in [5.74, 6) is -2.61. The van der Waals surface area contributed by atoms with Crippen molar-refractivity contribution in [1.82, 2.24) is 4.90 Å². The molecule has 0 unspecified atom stereocenters. The normalized spacial score (nSPS) is 18.1. The zero-order valence-corrected chi connectivity index (χ0v) is 15.3. The average Bonchev–Trinajstić information content (AvgIpc) is 3.31. The summed E-state index contributed by atoms with van der Waals surface area (Å²) < 4.78 is 5.51. The van der Waals surface area contributed by atoms with Crippen molar-refractivity contribution in [3.63, 3.8) is 0 Å². The van der Waals surface area contributed by atoms with E-state index in [0.29, 0.717) is 12.3 Å². The summed E-state index contributed by atoms with van der Waals surface area (Å²) in [6, 6.07) is 9.86. The minimum absolute atomic E-state index is 0.00373. The molecule has 148 valence electrons. The maximum Gasteiger partial charge on any atom is 0.261 e. The molecule has 1 fully saturated rings. The van der Waals surface area contributed by atoms with Crippen LogP contribution < -0.4 is 10.4 Å². The summed E-state index contributed by atoms with van der Waals surface area (Å²) >= 11 is 0. The first-order valence-electron chi connectivity index (χ1n) is 9.18. The van der Waals surface area contributed by atoms with Crippen LogP contribution in [0, 0.1) is 0 Å². The Morgan fingerprint density at radius 1 is 1.03 bits per heavy atom. The largest absolute Gasteiger partial charge is 0.545 e. The van der Waals surface area contributed by atoms with Crippen LogP contribution in [0.3, 0.4) is 0 Å². The van der Waals surface area contributed by atoms with Crippen molar-refractivity contribution in [2.45, 2.75) is 18.9 Å². The van der Waals surface area contributed by atoms with E-state index in [-0.39, 0.29) is 40.8 Å². The molecule has 8 nitrogen and oxygen atoms in total. The number of imide groups is 1. The van der Waals surface area contributed by atoms with Gasteiger partial charge in [-0.1, -0.05) is 12.1 Å². The van der Waals surface area contributed by atoms with Crippen LogP contribution in [0.1, 0.15) is 54.3 Å². The summed E-state index contributed by atoms with van der Waals surface area (Å²) in [6.07, 6.45) is 1.56. The number of benzene rings is 2. The predicted octanol–water partition coefficient (Wildman–Crippen LogP) is 1.08. The molecule has 0 aromatic heterocycles. The minimum Gasteiger partial charge on any atom is -0.545 e. The lowest BCUT2D eigenvalue weighted by Gasteiger charge is -2.17. The number of amides is 3. The summed E-state index contributed by atoms with van der Waals surface area (Å²) in [7, 11) is 0. The fourth-order valence-corrected chi connectivity index (χ4v) is 3.48. The molecule has 29 heavy (non-hydrogen) atoms. The lowest BCUT2D eigenvalue weighted by Crippen LogP contribution is -2.36. The molecule has 0 spiro atoms. The number of fused-ring (bicyclic) bond motifs is 1. The zero-order valence-electron chi connectivity index (χ0n) is 15.3. The van der Waals surface area contributed by atoms with Crippen LogP contribution in [0.2, 0.25) is 0 Å². The monoisotopic (exact) mass is 393 g/mol. The number of carbonyl (C=O) groups excluding carboxylic acids is 4. The fourth-order valence-electron chi connectivity index (χ4n) is 3.48. The maximum absolute atomic E-state index is 12.7. The number of hydrogen-bond donors (Lipinski definition) is 1. The molecule has 1 saturated heterocycles. The predicted molar refractivity (Wildman–Crippen MR) is 99.5 cm³/mol. The molecule has 0 saturated carbocycles. The van der Waals surface area contributed by atoms with Gasteiger partial charge in [-0.05, 0) is 48.7 Å². The second-order valence-electron chi connectivity index (χ2n) is 6.94. The third-order valence-electron chi connectivity index (χ3n) is 5.02. The van der Waals surface area contributed by atoms with Gasteiger partial charge in [-0.25, -0.2) is 0 Å². The van der Waals surface area contributed by atoms with Crippen molar-refractivity contribution in [2.24, 2.45) is 0 Å². The van der Waals surface area contributed by atoms with E-state index in [9.17, 15) is 24.3 Å². The van der Waals surface area contributed by atoms with Crippen LogP contribution in [0.15, 0.2) is 42.5 Å². The van der Waals surface area contributed by atoms with Gasteiger partial charge in [0, 0.05) is 17.9 Å². The van der Waals surface area contributed by atoms with E-state index in [1.165, 1.54) is 47.4 Å². The molecule has 3 amide bonds. The number of carboxylic acids is 1. The third-order valence-corrected chi connectivity index (χ3v) is 5.02. The Bertz CT molecular complexity index is 1010. The molecule has 8 heteroatoms. The number of nitrogens with zero attached hydrogens (tertiary/aromatic N) is 1. The van der Waals surface area contributed by atoms with E-state index < -0.39 is 17.8 Å². The summed E-state index contributed by atoms with van der Waals surface area (Å²) in [6.45, 7) is 0.834. The number of rotatable bonds is 5. The van der Waals surface area contributed by atoms with Crippen molar-refractivity contribution >= 4 is 29.4 Å². The SMILES string of the molecule is O=C([O-])c1ccc(NC(=O)c2ccc3c(c2)C(=O)N(C[C@H]2CCCO2)C3=O)cc1. The van der Waals surface area contributed by atoms with E-state index in [2.05, 4.69) is 5.32 Å². The number of carbonyl (C=O) groups is 4. The lowest BCUT2D eigenvalue weighted by molar-refractivity contribution is -0.255. The molecule has 2 aliphatic heterocycles. The smallest absolute Gasteiger partial charge is 0.261 e. The van der Waals surface area contributed by atoms with Gasteiger partial charge in [0.2, 0.25) is 0 Å². The van der Waals surface area contributed by atoms with Gasteiger partial charge in [-0.2, -0.15) is 0 Å². The molecule has 4 rings (SSSR count). The first kappa shape index (κ1) is 18.8. The second-order valence-corrected chi connectivity index (χ2v) is 6.94. The van der Waals surface area contributed by atoms with Crippen LogP contribution in [0.4, 0.5) is 5.69 Å². The molecule has 0 radical (unpaired) electrons. The van der Waals surface area contributed by atoms with Crippen molar-refractivity contribution in [1.29, 1.82) is 0 Å². The molecule has 1 N–H and O–H groups in total. The highest BCUT2D eigenvalue weighted by atomic mass is 16.5. The van der Waals surface area contributed by atoms with Gasteiger partial charge < -0.3 is 20.0 Å². The molecule has 1 atom stereocenters. The van der Waals surface area contributed by atoms with Crippen LogP contribution in [0.25, 0.3) is 0 Å². The molecule has 0 aliphatic carbocycles. The molecule has 2 aliphatic rings. The molecule has 2 heterocycles. The van der Waals surface area contributed by atoms with Gasteiger partial charge in [-0.3, -0.25) is 19.3 Å². The van der Waals surface area contributed by atoms with E-state index >= 15 is 0 Å². The van der Waals surface area contributed by atoms with Crippen molar-refractivity contribution in [3.8, 4) is 0 Å². The Morgan fingerprint density at radius 2 is 1.72 bits per heavy atom. The first-order valence-corrected chi connectivity index (χ1v) is 9.18. The second kappa shape index (κ2) is 7.48. The number of carboxylic acid groups (broad SMARTS) is 1. The molecular formula is C21H17N2O6-. The summed E-state index contributed by atoms with van der Waals surface area (Å²) in [5.41, 5.74) is 1.06. The van der Waals surface area contributed by atoms with Crippen LogP contribution in [0.5, 0.6) is 0 Å². The van der Waals surface area contributed by atoms with Gasteiger partial charge in [0.25, 0.3) is 17.7 Å². The minimum atomic E-state index is -1.31. The Morgan fingerprint density at radius 3 is 2.38 bits per heavy atom. The quantitative estimate of drug-likeness (QED) is 0.760. The van der Waals surface area contributed by atoms with Gasteiger partial charge in [0.1, 0.15) is 0 Å². The summed E-state index contributed by atoms with van der Waals surface area (Å²) in [4.78, 5) is 49.7. The van der Waals surface area contributed by atoms with Crippen molar-refractivity contribution in [2.75, 3.05) is 18.5 Å². The Labute approximate surface area is 166 Å². The van der Waals surface area contributed by atoms with E-state index in [1.807, 2.05) is 0 Å². The average molecular weight is 393 g/mol. The highest BCUT2D eigenvalue weighted by Gasteiger charge is 2.37. The Balaban J connectivity index is 1.50. The van der Waals surface area contributed by atoms with E-state index in [4.69, 9.17) is 4.74 Å². The third kappa shape index (κ3) is 3.62. The number of aromatic carboxylic acids is 1. The lowest BCUT2D eigenvalue weighted by atomic mass is 10.1. The maximum atomic E-state index is 12.7. The molecule has 2 aromatic rings. The van der Waals surface area contributed by atoms with Gasteiger partial charge in [0.05, 0.1) is 29.7 Å². The van der Waals surface area contributed by atoms with Crippen molar-refractivity contribution < 1.29 is 29.0 Å². The first-order chi connectivity index (χ1) is 13.9. The van der Waals surface area contributed by atoms with Gasteiger partial charge >= 0.3 is 0 Å². The standard InChI is InChI=1S/C21H18N2O6/c24-18(22-14-6-3-12(4-7-14)21(27)28)13-5-8-16-17(10-13)20(26)23(19(16)25)11-15-2-1-9-29-15/h3-8,10,15H,1-2,9,11H2,(H,22,24)(H,27,28)/p-1/t15-/m1/s1. The van der Waals surface area contributed by atoms with E-state index in [0.717, 1.165) is 12.8 Å². The van der Waals surface area contributed by atoms with E-state index in [1.54, 1.807) is 0 Å². The topological polar surface area (TPSA) is 116 Å². The molecule has 2 aromatic carbocycles. The van der Waals surface area contributed by atoms with Crippen LogP contribution in [-0.2, 0) is 4.74 Å². The molecular weight excluding hydrogens is 376 g/mol. The zero-order chi connectivity index (χ0) is 20.5. The highest BCUT2D eigenvalue weighted by molar-refractivity contribution is 6.22. The Kier molecular flexibility index (Phi) is 4.85.